The molecule has 1 rings (SSSR count). The Hall–Kier alpha value is -0.990. The summed E-state index contributed by atoms with van der Waals surface area (Å²) in [7, 11) is 0. The van der Waals surface area contributed by atoms with Crippen molar-refractivity contribution in [2.75, 3.05) is 0 Å². The Morgan fingerprint density at radius 1 is 1.29 bits per heavy atom. The minimum absolute atomic E-state index is 0.0738. The fraction of sp³-hybridized carbons (Fsp3) is 0.727. The molecular weight excluding hydrogens is 176 g/mol. The Morgan fingerprint density at radius 3 is 2.07 bits per heavy atom. The second-order valence-corrected chi connectivity index (χ2v) is 5.07. The summed E-state index contributed by atoms with van der Waals surface area (Å²) in [6.07, 6.45) is 0. The maximum absolute atomic E-state index is 9.92. The first-order valence-corrected chi connectivity index (χ1v) is 5.03. The van der Waals surface area contributed by atoms with E-state index < -0.39 is 0 Å². The highest BCUT2D eigenvalue weighted by atomic mass is 16.3. The molecule has 0 radical (unpaired) electrons. The summed E-state index contributed by atoms with van der Waals surface area (Å²) < 4.78 is 1.91. The second kappa shape index (κ2) is 3.30. The molecule has 0 spiro atoms. The summed E-state index contributed by atoms with van der Waals surface area (Å²) in [6, 6.07) is 0.281. The third-order valence-corrected chi connectivity index (χ3v) is 2.25. The van der Waals surface area contributed by atoms with Gasteiger partial charge in [-0.25, -0.2) is 0 Å². The number of rotatable bonds is 1. The van der Waals surface area contributed by atoms with Crippen molar-refractivity contribution >= 4 is 0 Å². The lowest BCUT2D eigenvalue weighted by molar-refractivity contribution is 0.408. The van der Waals surface area contributed by atoms with Gasteiger partial charge in [-0.15, -0.1) is 0 Å². The van der Waals surface area contributed by atoms with Gasteiger partial charge >= 0.3 is 0 Å². The molecule has 0 saturated heterocycles. The number of hydrogen-bond acceptors (Lipinski definition) is 2. The molecular formula is C11H20N2O. The molecule has 1 N–H and O–H groups in total. The van der Waals surface area contributed by atoms with Crippen molar-refractivity contribution in [1.82, 2.24) is 9.78 Å². The quantitative estimate of drug-likeness (QED) is 0.750. The van der Waals surface area contributed by atoms with Crippen LogP contribution in [0.15, 0.2) is 0 Å². The van der Waals surface area contributed by atoms with Gasteiger partial charge in [0.1, 0.15) is 5.69 Å². The highest BCUT2D eigenvalue weighted by Crippen LogP contribution is 2.34. The van der Waals surface area contributed by atoms with Crippen molar-refractivity contribution in [3.63, 3.8) is 0 Å². The molecule has 0 bridgehead atoms. The van der Waals surface area contributed by atoms with Gasteiger partial charge in [-0.1, -0.05) is 20.8 Å². The Kier molecular flexibility index (Phi) is 2.61. The molecule has 3 heteroatoms. The molecule has 0 atom stereocenters. The average Bonchev–Trinajstić information content (AvgIpc) is 2.27. The molecule has 0 aliphatic carbocycles. The molecule has 1 heterocycles. The van der Waals surface area contributed by atoms with Gasteiger partial charge in [-0.2, -0.15) is 5.10 Å². The fourth-order valence-corrected chi connectivity index (χ4v) is 1.61. The van der Waals surface area contributed by atoms with E-state index >= 15 is 0 Å². The van der Waals surface area contributed by atoms with E-state index in [1.807, 2.05) is 11.6 Å². The molecule has 0 aliphatic rings. The zero-order valence-corrected chi connectivity index (χ0v) is 9.92. The number of hydrogen-bond donors (Lipinski definition) is 1. The van der Waals surface area contributed by atoms with Crippen LogP contribution >= 0.6 is 0 Å². The van der Waals surface area contributed by atoms with Gasteiger partial charge < -0.3 is 5.11 Å². The second-order valence-electron chi connectivity index (χ2n) is 5.07. The van der Waals surface area contributed by atoms with E-state index in [2.05, 4.69) is 39.7 Å². The van der Waals surface area contributed by atoms with Crippen LogP contribution in [-0.4, -0.2) is 14.9 Å². The molecule has 1 aromatic heterocycles. The lowest BCUT2D eigenvalue weighted by Crippen LogP contribution is -2.19. The molecule has 0 amide bonds. The summed E-state index contributed by atoms with van der Waals surface area (Å²) in [6.45, 7) is 12.2. The lowest BCUT2D eigenvalue weighted by Gasteiger charge is -2.22. The van der Waals surface area contributed by atoms with E-state index in [-0.39, 0.29) is 11.5 Å². The molecule has 14 heavy (non-hydrogen) atoms. The van der Waals surface area contributed by atoms with E-state index in [0.29, 0.717) is 11.4 Å². The largest absolute Gasteiger partial charge is 0.504 e. The molecule has 0 aromatic carbocycles. The van der Waals surface area contributed by atoms with Crippen LogP contribution in [0.4, 0.5) is 0 Å². The van der Waals surface area contributed by atoms with Crippen molar-refractivity contribution in [3.05, 3.63) is 11.4 Å². The van der Waals surface area contributed by atoms with Crippen LogP contribution in [0, 0.1) is 6.92 Å². The van der Waals surface area contributed by atoms with Crippen LogP contribution in [0.3, 0.4) is 0 Å². The third kappa shape index (κ3) is 1.76. The van der Waals surface area contributed by atoms with Crippen molar-refractivity contribution in [2.45, 2.75) is 53.0 Å². The van der Waals surface area contributed by atoms with Gasteiger partial charge in [0, 0.05) is 11.5 Å². The third-order valence-electron chi connectivity index (χ3n) is 2.25. The normalized spacial score (nSPS) is 12.5. The van der Waals surface area contributed by atoms with Gasteiger partial charge in [-0.05, 0) is 20.8 Å². The van der Waals surface area contributed by atoms with Crippen LogP contribution in [0.2, 0.25) is 0 Å². The van der Waals surface area contributed by atoms with E-state index in [0.717, 1.165) is 5.69 Å². The minimum Gasteiger partial charge on any atom is -0.504 e. The van der Waals surface area contributed by atoms with Crippen molar-refractivity contribution in [2.24, 2.45) is 0 Å². The monoisotopic (exact) mass is 196 g/mol. The first kappa shape index (κ1) is 11.1. The Balaban J connectivity index is 3.38. The van der Waals surface area contributed by atoms with E-state index in [9.17, 15) is 5.11 Å². The van der Waals surface area contributed by atoms with Crippen LogP contribution in [-0.2, 0) is 5.41 Å². The highest BCUT2D eigenvalue weighted by Gasteiger charge is 2.26. The standard InChI is InChI=1S/C11H20N2O/c1-7(2)13-10(11(4,5)6)9(14)8(3)12-13/h7,14H,1-6H3. The number of aromatic hydroxyl groups is 1. The molecule has 0 aliphatic heterocycles. The number of aromatic nitrogens is 2. The first-order chi connectivity index (χ1) is 6.25. The topological polar surface area (TPSA) is 38.0 Å². The van der Waals surface area contributed by atoms with E-state index in [1.54, 1.807) is 0 Å². The van der Waals surface area contributed by atoms with Crippen molar-refractivity contribution < 1.29 is 5.11 Å². The SMILES string of the molecule is Cc1nn(C(C)C)c(C(C)(C)C)c1O. The van der Waals surface area contributed by atoms with Crippen LogP contribution in [0.25, 0.3) is 0 Å². The van der Waals surface area contributed by atoms with Gasteiger partial charge in [0.2, 0.25) is 0 Å². The van der Waals surface area contributed by atoms with Crippen molar-refractivity contribution in [3.8, 4) is 5.75 Å². The van der Waals surface area contributed by atoms with E-state index in [4.69, 9.17) is 0 Å². The van der Waals surface area contributed by atoms with E-state index in [1.165, 1.54) is 0 Å². The summed E-state index contributed by atoms with van der Waals surface area (Å²) in [5, 5.41) is 14.3. The molecule has 3 nitrogen and oxygen atoms in total. The Morgan fingerprint density at radius 2 is 1.79 bits per heavy atom. The first-order valence-electron chi connectivity index (χ1n) is 5.03. The van der Waals surface area contributed by atoms with Gasteiger partial charge in [0.05, 0.1) is 5.69 Å². The highest BCUT2D eigenvalue weighted by molar-refractivity contribution is 5.36. The average molecular weight is 196 g/mol. The smallest absolute Gasteiger partial charge is 0.160 e. The van der Waals surface area contributed by atoms with Crippen LogP contribution in [0.1, 0.15) is 52.0 Å². The summed E-state index contributed by atoms with van der Waals surface area (Å²) in [5.41, 5.74) is 1.56. The van der Waals surface area contributed by atoms with Gasteiger partial charge in [0.15, 0.2) is 5.75 Å². The van der Waals surface area contributed by atoms with Crippen LogP contribution in [0.5, 0.6) is 5.75 Å². The fourth-order valence-electron chi connectivity index (χ4n) is 1.61. The zero-order valence-electron chi connectivity index (χ0n) is 9.92. The Bertz CT molecular complexity index is 332. The number of nitrogens with zero attached hydrogens (tertiary/aromatic N) is 2. The predicted octanol–water partition coefficient (Wildman–Crippen LogP) is 2.78. The molecule has 1 aromatic rings. The maximum atomic E-state index is 9.92. The summed E-state index contributed by atoms with van der Waals surface area (Å²) in [4.78, 5) is 0. The van der Waals surface area contributed by atoms with Crippen LogP contribution < -0.4 is 0 Å². The molecule has 80 valence electrons. The minimum atomic E-state index is -0.0738. The lowest BCUT2D eigenvalue weighted by atomic mass is 9.91. The summed E-state index contributed by atoms with van der Waals surface area (Å²) in [5.74, 6) is 0.339. The van der Waals surface area contributed by atoms with Crippen molar-refractivity contribution in [1.29, 1.82) is 0 Å². The molecule has 0 unspecified atom stereocenters. The van der Waals surface area contributed by atoms with Gasteiger partial charge in [0.25, 0.3) is 0 Å². The number of aryl methyl sites for hydroxylation is 1. The Labute approximate surface area is 85.8 Å². The maximum Gasteiger partial charge on any atom is 0.160 e. The van der Waals surface area contributed by atoms with Gasteiger partial charge in [-0.3, -0.25) is 4.68 Å². The summed E-state index contributed by atoms with van der Waals surface area (Å²) >= 11 is 0. The molecule has 0 fully saturated rings. The molecule has 0 saturated carbocycles. The predicted molar refractivity (Wildman–Crippen MR) is 57.7 cm³/mol. The zero-order chi connectivity index (χ0) is 11.1.